The van der Waals surface area contributed by atoms with Gasteiger partial charge in [-0.15, -0.1) is 0 Å². The molecule has 3 rings (SSSR count). The fourth-order valence-corrected chi connectivity index (χ4v) is 3.41. The Morgan fingerprint density at radius 1 is 0.931 bits per heavy atom. The van der Waals surface area contributed by atoms with E-state index >= 15 is 0 Å². The minimum atomic E-state index is -0.223. The van der Waals surface area contributed by atoms with Crippen molar-refractivity contribution in [3.8, 4) is 0 Å². The molecule has 2 N–H and O–H groups in total. The molecule has 0 spiro atoms. The zero-order chi connectivity index (χ0) is 20.6. The number of piperidine rings is 1. The maximum atomic E-state index is 12.6. The van der Waals surface area contributed by atoms with Gasteiger partial charge in [-0.25, -0.2) is 0 Å². The summed E-state index contributed by atoms with van der Waals surface area (Å²) in [5, 5.41) is 5.78. The van der Waals surface area contributed by atoms with E-state index in [4.69, 9.17) is 0 Å². The van der Waals surface area contributed by atoms with Crippen LogP contribution in [0, 0.1) is 0 Å². The smallest absolute Gasteiger partial charge is 0.255 e. The highest BCUT2D eigenvalue weighted by molar-refractivity contribution is 6.06. The molecule has 6 nitrogen and oxygen atoms in total. The van der Waals surface area contributed by atoms with Gasteiger partial charge in [0.1, 0.15) is 0 Å². The number of hydrogen-bond donors (Lipinski definition) is 2. The Bertz CT molecular complexity index is 827. The van der Waals surface area contributed by atoms with Crippen LogP contribution in [-0.2, 0) is 0 Å². The Morgan fingerprint density at radius 3 is 2.24 bits per heavy atom. The Labute approximate surface area is 172 Å². The predicted molar refractivity (Wildman–Crippen MR) is 118 cm³/mol. The summed E-state index contributed by atoms with van der Waals surface area (Å²) in [5.74, 6) is -0.397. The first kappa shape index (κ1) is 20.9. The van der Waals surface area contributed by atoms with E-state index in [0.29, 0.717) is 17.7 Å². The Kier molecular flexibility index (Phi) is 7.25. The highest BCUT2D eigenvalue weighted by Gasteiger charge is 2.13. The highest BCUT2D eigenvalue weighted by atomic mass is 16.2. The molecule has 0 unspecified atom stereocenters. The maximum absolute atomic E-state index is 12.6. The van der Waals surface area contributed by atoms with Crippen molar-refractivity contribution in [2.45, 2.75) is 19.3 Å². The molecule has 0 radical (unpaired) electrons. The van der Waals surface area contributed by atoms with Crippen molar-refractivity contribution in [3.63, 3.8) is 0 Å². The lowest BCUT2D eigenvalue weighted by Crippen LogP contribution is -2.31. The first-order chi connectivity index (χ1) is 14.0. The van der Waals surface area contributed by atoms with Gasteiger partial charge in [0.2, 0.25) is 0 Å². The zero-order valence-corrected chi connectivity index (χ0v) is 17.3. The molecule has 29 heavy (non-hydrogen) atoms. The van der Waals surface area contributed by atoms with Crippen LogP contribution in [-0.4, -0.2) is 57.0 Å². The monoisotopic (exact) mass is 394 g/mol. The van der Waals surface area contributed by atoms with Gasteiger partial charge in [-0.05, 0) is 75.8 Å². The summed E-state index contributed by atoms with van der Waals surface area (Å²) in [6.45, 7) is 3.51. The van der Waals surface area contributed by atoms with Gasteiger partial charge < -0.3 is 20.4 Å². The zero-order valence-electron chi connectivity index (χ0n) is 17.3. The van der Waals surface area contributed by atoms with Crippen molar-refractivity contribution < 1.29 is 9.59 Å². The van der Waals surface area contributed by atoms with Crippen LogP contribution in [0.4, 0.5) is 11.4 Å². The lowest BCUT2D eigenvalue weighted by atomic mass is 10.1. The number of carbonyl (C=O) groups is 2. The third-order valence-corrected chi connectivity index (χ3v) is 5.08. The average Bonchev–Trinajstić information content (AvgIpc) is 2.74. The summed E-state index contributed by atoms with van der Waals surface area (Å²) in [5.41, 5.74) is 2.89. The summed E-state index contributed by atoms with van der Waals surface area (Å²) in [4.78, 5) is 29.3. The molecule has 1 saturated heterocycles. The molecule has 1 aliphatic heterocycles. The number of rotatable bonds is 7. The van der Waals surface area contributed by atoms with Crippen LogP contribution in [0.1, 0.15) is 40.0 Å². The number of anilines is 2. The number of hydrogen-bond acceptors (Lipinski definition) is 4. The van der Waals surface area contributed by atoms with E-state index < -0.39 is 0 Å². The van der Waals surface area contributed by atoms with Crippen molar-refractivity contribution in [1.82, 2.24) is 10.2 Å². The normalized spacial score (nSPS) is 14.0. The minimum absolute atomic E-state index is 0.174. The molecule has 1 heterocycles. The third kappa shape index (κ3) is 6.06. The second-order valence-corrected chi connectivity index (χ2v) is 7.69. The largest absolute Gasteiger partial charge is 0.372 e. The van der Waals surface area contributed by atoms with Crippen LogP contribution in [0.15, 0.2) is 48.5 Å². The summed E-state index contributed by atoms with van der Waals surface area (Å²) in [6, 6.07) is 14.8. The molecule has 2 amide bonds. The van der Waals surface area contributed by atoms with Gasteiger partial charge in [-0.2, -0.15) is 0 Å². The van der Waals surface area contributed by atoms with E-state index in [9.17, 15) is 9.59 Å². The Morgan fingerprint density at radius 2 is 1.59 bits per heavy atom. The van der Waals surface area contributed by atoms with Gasteiger partial charge in [-0.1, -0.05) is 6.07 Å². The van der Waals surface area contributed by atoms with Crippen LogP contribution < -0.4 is 15.5 Å². The number of nitrogens with zero attached hydrogens (tertiary/aromatic N) is 2. The summed E-state index contributed by atoms with van der Waals surface area (Å²) >= 11 is 0. The molecule has 154 valence electrons. The molecule has 0 aliphatic carbocycles. The fraction of sp³-hybridized carbons (Fsp3) is 0.391. The molecule has 0 bridgehead atoms. The number of amides is 2. The van der Waals surface area contributed by atoms with Crippen LogP contribution in [0.2, 0.25) is 0 Å². The van der Waals surface area contributed by atoms with E-state index in [0.717, 1.165) is 25.3 Å². The van der Waals surface area contributed by atoms with E-state index in [1.165, 1.54) is 24.9 Å². The first-order valence-corrected chi connectivity index (χ1v) is 10.2. The number of carbonyl (C=O) groups excluding carboxylic acids is 2. The second kappa shape index (κ2) is 10.1. The average molecular weight is 395 g/mol. The third-order valence-electron chi connectivity index (χ3n) is 5.08. The lowest BCUT2D eigenvalue weighted by Gasteiger charge is -2.28. The molecule has 6 heteroatoms. The summed E-state index contributed by atoms with van der Waals surface area (Å²) < 4.78 is 0. The molecular weight excluding hydrogens is 364 g/mol. The molecule has 0 aromatic heterocycles. The second-order valence-electron chi connectivity index (χ2n) is 7.69. The highest BCUT2D eigenvalue weighted by Crippen LogP contribution is 2.22. The molecule has 0 atom stereocenters. The SMILES string of the molecule is CN(C)CCNC(=O)c1cccc(C(=O)Nc2ccc(N3CCCCC3)cc2)c1. The number of benzene rings is 2. The van der Waals surface area contributed by atoms with Gasteiger partial charge in [0.05, 0.1) is 0 Å². The van der Waals surface area contributed by atoms with E-state index in [2.05, 4.69) is 27.7 Å². The van der Waals surface area contributed by atoms with Crippen LogP contribution in [0.3, 0.4) is 0 Å². The Hall–Kier alpha value is -2.86. The molecule has 0 saturated carbocycles. The molecular formula is C23H30N4O2. The van der Waals surface area contributed by atoms with Crippen molar-refractivity contribution in [2.75, 3.05) is 50.5 Å². The molecule has 2 aromatic rings. The maximum Gasteiger partial charge on any atom is 0.255 e. The predicted octanol–water partition coefficient (Wildman–Crippen LogP) is 3.22. The van der Waals surface area contributed by atoms with Crippen LogP contribution in [0.5, 0.6) is 0 Å². The molecule has 2 aromatic carbocycles. The van der Waals surface area contributed by atoms with E-state index in [-0.39, 0.29) is 11.8 Å². The summed E-state index contributed by atoms with van der Waals surface area (Å²) in [6.07, 6.45) is 3.77. The topological polar surface area (TPSA) is 64.7 Å². The minimum Gasteiger partial charge on any atom is -0.372 e. The first-order valence-electron chi connectivity index (χ1n) is 10.2. The van der Waals surface area contributed by atoms with E-state index in [1.807, 2.05) is 31.1 Å². The lowest BCUT2D eigenvalue weighted by molar-refractivity contribution is 0.0951. The van der Waals surface area contributed by atoms with E-state index in [1.54, 1.807) is 24.3 Å². The quantitative estimate of drug-likeness (QED) is 0.757. The summed E-state index contributed by atoms with van der Waals surface area (Å²) in [7, 11) is 3.91. The molecule has 1 fully saturated rings. The van der Waals surface area contributed by atoms with Crippen molar-refractivity contribution in [3.05, 3.63) is 59.7 Å². The van der Waals surface area contributed by atoms with Crippen LogP contribution >= 0.6 is 0 Å². The molecule has 1 aliphatic rings. The Balaban J connectivity index is 1.59. The van der Waals surface area contributed by atoms with Crippen molar-refractivity contribution >= 4 is 23.2 Å². The standard InChI is InChI=1S/C23H30N4O2/c1-26(2)16-13-24-22(28)18-7-6-8-19(17-18)23(29)25-20-9-11-21(12-10-20)27-14-4-3-5-15-27/h6-12,17H,3-5,13-16H2,1-2H3,(H,24,28)(H,25,29). The number of nitrogens with one attached hydrogen (secondary N) is 2. The van der Waals surface area contributed by atoms with Crippen LogP contribution in [0.25, 0.3) is 0 Å². The van der Waals surface area contributed by atoms with Gasteiger partial charge >= 0.3 is 0 Å². The van der Waals surface area contributed by atoms with Gasteiger partial charge in [0.15, 0.2) is 0 Å². The van der Waals surface area contributed by atoms with Gasteiger partial charge in [0.25, 0.3) is 11.8 Å². The van der Waals surface area contributed by atoms with Crippen molar-refractivity contribution in [2.24, 2.45) is 0 Å². The van der Waals surface area contributed by atoms with Gasteiger partial charge in [0, 0.05) is 48.7 Å². The fourth-order valence-electron chi connectivity index (χ4n) is 3.41. The van der Waals surface area contributed by atoms with Gasteiger partial charge in [-0.3, -0.25) is 9.59 Å². The number of likely N-dealkylation sites (N-methyl/N-ethyl adjacent to an activating group) is 1. The van der Waals surface area contributed by atoms with Crippen molar-refractivity contribution in [1.29, 1.82) is 0 Å².